The van der Waals surface area contributed by atoms with Gasteiger partial charge in [0.1, 0.15) is 0 Å². The Balaban J connectivity index is 3.46. The van der Waals surface area contributed by atoms with Crippen molar-refractivity contribution in [1.29, 1.82) is 0 Å². The van der Waals surface area contributed by atoms with Gasteiger partial charge < -0.3 is 10.1 Å². The Bertz CT molecular complexity index is 166. The lowest BCUT2D eigenvalue weighted by Crippen LogP contribution is -2.25. The van der Waals surface area contributed by atoms with E-state index in [4.69, 9.17) is 4.74 Å². The Morgan fingerprint density at radius 2 is 2.23 bits per heavy atom. The molecule has 0 fully saturated rings. The molecule has 76 valence electrons. The Kier molecular flexibility index (Phi) is 7.30. The van der Waals surface area contributed by atoms with Crippen LogP contribution in [-0.4, -0.2) is 25.2 Å². The fourth-order valence-corrected chi connectivity index (χ4v) is 0.759. The summed E-state index contributed by atoms with van der Waals surface area (Å²) in [5.41, 5.74) is 0. The third-order valence-corrected chi connectivity index (χ3v) is 1.74. The van der Waals surface area contributed by atoms with Crippen LogP contribution < -0.4 is 5.32 Å². The molecular formula is C10H19NO2. The van der Waals surface area contributed by atoms with Crippen molar-refractivity contribution in [3.63, 3.8) is 0 Å². The van der Waals surface area contributed by atoms with Crippen LogP contribution in [0.15, 0.2) is 12.2 Å². The normalized spacial score (nSPS) is 13.2. The van der Waals surface area contributed by atoms with Gasteiger partial charge in [-0.25, -0.2) is 4.79 Å². The SMILES string of the molecule is CCOC(=O)/C=C/CNC(C)CC. The standard InChI is InChI=1S/C10H19NO2/c1-4-9(3)11-8-6-7-10(12)13-5-2/h6-7,9,11H,4-5,8H2,1-3H3/b7-6+. The maximum absolute atomic E-state index is 10.8. The zero-order chi connectivity index (χ0) is 10.1. The Labute approximate surface area is 80.2 Å². The molecular weight excluding hydrogens is 166 g/mol. The van der Waals surface area contributed by atoms with Crippen molar-refractivity contribution in [3.05, 3.63) is 12.2 Å². The molecule has 0 aliphatic rings. The van der Waals surface area contributed by atoms with Gasteiger partial charge in [0, 0.05) is 18.7 Å². The molecule has 3 heteroatoms. The third kappa shape index (κ3) is 7.53. The number of esters is 1. The number of ether oxygens (including phenoxy) is 1. The average Bonchev–Trinajstić information content (AvgIpc) is 2.12. The molecule has 0 amide bonds. The van der Waals surface area contributed by atoms with E-state index in [-0.39, 0.29) is 5.97 Å². The zero-order valence-electron chi connectivity index (χ0n) is 8.67. The van der Waals surface area contributed by atoms with Crippen LogP contribution in [0.2, 0.25) is 0 Å². The first kappa shape index (κ1) is 12.2. The highest BCUT2D eigenvalue weighted by molar-refractivity contribution is 5.81. The van der Waals surface area contributed by atoms with E-state index >= 15 is 0 Å². The molecule has 1 atom stereocenters. The molecule has 0 saturated carbocycles. The van der Waals surface area contributed by atoms with Crippen LogP contribution in [0.1, 0.15) is 27.2 Å². The minimum atomic E-state index is -0.270. The summed E-state index contributed by atoms with van der Waals surface area (Å²) in [5.74, 6) is -0.270. The second kappa shape index (κ2) is 7.80. The van der Waals surface area contributed by atoms with E-state index in [1.807, 2.05) is 0 Å². The van der Waals surface area contributed by atoms with Crippen LogP contribution in [-0.2, 0) is 9.53 Å². The van der Waals surface area contributed by atoms with Crippen molar-refractivity contribution < 1.29 is 9.53 Å². The van der Waals surface area contributed by atoms with Gasteiger partial charge in [-0.2, -0.15) is 0 Å². The molecule has 0 bridgehead atoms. The predicted octanol–water partition coefficient (Wildman–Crippen LogP) is 1.49. The van der Waals surface area contributed by atoms with E-state index in [1.54, 1.807) is 13.0 Å². The van der Waals surface area contributed by atoms with Crippen molar-refractivity contribution in [2.75, 3.05) is 13.2 Å². The topological polar surface area (TPSA) is 38.3 Å². The average molecular weight is 185 g/mol. The van der Waals surface area contributed by atoms with Gasteiger partial charge in [-0.15, -0.1) is 0 Å². The highest BCUT2D eigenvalue weighted by atomic mass is 16.5. The third-order valence-electron chi connectivity index (χ3n) is 1.74. The first-order valence-electron chi connectivity index (χ1n) is 4.77. The van der Waals surface area contributed by atoms with Crippen LogP contribution >= 0.6 is 0 Å². The fraction of sp³-hybridized carbons (Fsp3) is 0.700. The van der Waals surface area contributed by atoms with Crippen molar-refractivity contribution in [2.45, 2.75) is 33.2 Å². The summed E-state index contributed by atoms with van der Waals surface area (Å²) in [6, 6.07) is 0.492. The summed E-state index contributed by atoms with van der Waals surface area (Å²) in [6.07, 6.45) is 4.33. The first-order valence-corrected chi connectivity index (χ1v) is 4.77. The van der Waals surface area contributed by atoms with E-state index in [1.165, 1.54) is 6.08 Å². The van der Waals surface area contributed by atoms with E-state index < -0.39 is 0 Å². The van der Waals surface area contributed by atoms with Gasteiger partial charge in [0.05, 0.1) is 6.61 Å². The van der Waals surface area contributed by atoms with Crippen LogP contribution in [0.4, 0.5) is 0 Å². The molecule has 0 aromatic carbocycles. The summed E-state index contributed by atoms with van der Waals surface area (Å²) in [5, 5.41) is 3.24. The molecule has 0 aliphatic heterocycles. The number of rotatable bonds is 6. The smallest absolute Gasteiger partial charge is 0.330 e. The van der Waals surface area contributed by atoms with Crippen molar-refractivity contribution >= 4 is 5.97 Å². The van der Waals surface area contributed by atoms with E-state index in [0.717, 1.165) is 6.42 Å². The minimum Gasteiger partial charge on any atom is -0.463 e. The minimum absolute atomic E-state index is 0.270. The van der Waals surface area contributed by atoms with Crippen LogP contribution in [0, 0.1) is 0 Å². The molecule has 0 aromatic heterocycles. The molecule has 1 unspecified atom stereocenters. The molecule has 1 N–H and O–H groups in total. The lowest BCUT2D eigenvalue weighted by atomic mass is 10.2. The molecule has 0 heterocycles. The molecule has 3 nitrogen and oxygen atoms in total. The summed E-state index contributed by atoms with van der Waals surface area (Å²) in [4.78, 5) is 10.8. The van der Waals surface area contributed by atoms with E-state index in [2.05, 4.69) is 19.2 Å². The Morgan fingerprint density at radius 3 is 2.77 bits per heavy atom. The molecule has 0 aromatic rings. The summed E-state index contributed by atoms with van der Waals surface area (Å²) >= 11 is 0. The summed E-state index contributed by atoms with van der Waals surface area (Å²) < 4.78 is 4.72. The lowest BCUT2D eigenvalue weighted by molar-refractivity contribution is -0.137. The van der Waals surface area contributed by atoms with Gasteiger partial charge in [0.15, 0.2) is 0 Å². The number of carbonyl (C=O) groups is 1. The van der Waals surface area contributed by atoms with Gasteiger partial charge >= 0.3 is 5.97 Å². The van der Waals surface area contributed by atoms with Gasteiger partial charge in [0.2, 0.25) is 0 Å². The quantitative estimate of drug-likeness (QED) is 0.503. The van der Waals surface area contributed by atoms with Gasteiger partial charge in [0.25, 0.3) is 0 Å². The summed E-state index contributed by atoms with van der Waals surface area (Å²) in [6.45, 7) is 7.17. The Hall–Kier alpha value is -0.830. The zero-order valence-corrected chi connectivity index (χ0v) is 8.67. The monoisotopic (exact) mass is 185 g/mol. The van der Waals surface area contributed by atoms with Gasteiger partial charge in [-0.3, -0.25) is 0 Å². The van der Waals surface area contributed by atoms with E-state index in [9.17, 15) is 4.79 Å². The van der Waals surface area contributed by atoms with E-state index in [0.29, 0.717) is 19.2 Å². The largest absolute Gasteiger partial charge is 0.463 e. The molecule has 0 spiro atoms. The molecule has 13 heavy (non-hydrogen) atoms. The van der Waals surface area contributed by atoms with Crippen LogP contribution in [0.3, 0.4) is 0 Å². The highest BCUT2D eigenvalue weighted by Crippen LogP contribution is 1.87. The van der Waals surface area contributed by atoms with Gasteiger partial charge in [-0.1, -0.05) is 13.0 Å². The molecule has 0 saturated heterocycles. The predicted molar refractivity (Wildman–Crippen MR) is 53.5 cm³/mol. The molecule has 0 rings (SSSR count). The second-order valence-corrected chi connectivity index (χ2v) is 2.87. The summed E-state index contributed by atoms with van der Waals surface area (Å²) in [7, 11) is 0. The van der Waals surface area contributed by atoms with Crippen molar-refractivity contribution in [1.82, 2.24) is 5.32 Å². The number of nitrogens with one attached hydrogen (secondary N) is 1. The lowest BCUT2D eigenvalue weighted by Gasteiger charge is -2.07. The Morgan fingerprint density at radius 1 is 1.54 bits per heavy atom. The fourth-order valence-electron chi connectivity index (χ4n) is 0.759. The van der Waals surface area contributed by atoms with Crippen LogP contribution in [0.25, 0.3) is 0 Å². The second-order valence-electron chi connectivity index (χ2n) is 2.87. The number of hydrogen-bond acceptors (Lipinski definition) is 3. The van der Waals surface area contributed by atoms with Crippen LogP contribution in [0.5, 0.6) is 0 Å². The molecule has 0 aliphatic carbocycles. The molecule has 0 radical (unpaired) electrons. The first-order chi connectivity index (χ1) is 6.20. The highest BCUT2D eigenvalue weighted by Gasteiger charge is 1.95. The maximum atomic E-state index is 10.8. The number of carbonyl (C=O) groups excluding carboxylic acids is 1. The van der Waals surface area contributed by atoms with Crippen molar-refractivity contribution in [2.24, 2.45) is 0 Å². The maximum Gasteiger partial charge on any atom is 0.330 e. The number of hydrogen-bond donors (Lipinski definition) is 1. The van der Waals surface area contributed by atoms with Crippen molar-refractivity contribution in [3.8, 4) is 0 Å². The van der Waals surface area contributed by atoms with Gasteiger partial charge in [-0.05, 0) is 20.3 Å².